The highest BCUT2D eigenvalue weighted by atomic mass is 15.2. The number of nitrogen functional groups attached to an aromatic ring is 1. The number of benzene rings is 1. The van der Waals surface area contributed by atoms with Crippen molar-refractivity contribution in [3.63, 3.8) is 0 Å². The molecule has 1 saturated carbocycles. The van der Waals surface area contributed by atoms with Gasteiger partial charge in [0.25, 0.3) is 0 Å². The van der Waals surface area contributed by atoms with Gasteiger partial charge in [-0.3, -0.25) is 0 Å². The molecule has 166 valence electrons. The van der Waals surface area contributed by atoms with Crippen LogP contribution in [0.4, 0.5) is 17.3 Å². The number of nitrogens with one attached hydrogen (secondary N) is 2. The van der Waals surface area contributed by atoms with Crippen molar-refractivity contribution < 1.29 is 0 Å². The van der Waals surface area contributed by atoms with Gasteiger partial charge in [0.05, 0.1) is 5.69 Å². The summed E-state index contributed by atoms with van der Waals surface area (Å²) >= 11 is 0. The number of anilines is 3. The lowest BCUT2D eigenvalue weighted by atomic mass is 9.95. The zero-order valence-electron chi connectivity index (χ0n) is 18.6. The lowest BCUT2D eigenvalue weighted by Gasteiger charge is -2.29. The van der Waals surface area contributed by atoms with Crippen LogP contribution in [0, 0.1) is 0 Å². The second kappa shape index (κ2) is 9.57. The Kier molecular flexibility index (Phi) is 6.21. The van der Waals surface area contributed by atoms with E-state index in [9.17, 15) is 0 Å². The smallest absolute Gasteiger partial charge is 0.129 e. The fraction of sp³-hybridized carbons (Fsp3) is 0.385. The summed E-state index contributed by atoms with van der Waals surface area (Å²) in [5.41, 5.74) is 11.1. The van der Waals surface area contributed by atoms with Gasteiger partial charge in [-0.05, 0) is 54.8 Å². The number of hydrogen-bond acceptors (Lipinski definition) is 6. The number of aromatic nitrogens is 2. The van der Waals surface area contributed by atoms with E-state index in [2.05, 4.69) is 50.8 Å². The third-order valence-electron chi connectivity index (χ3n) is 6.51. The van der Waals surface area contributed by atoms with Crippen molar-refractivity contribution in [2.45, 2.75) is 38.1 Å². The van der Waals surface area contributed by atoms with Crippen molar-refractivity contribution in [3.05, 3.63) is 54.7 Å². The zero-order chi connectivity index (χ0) is 21.8. The Morgan fingerprint density at radius 1 is 0.938 bits per heavy atom. The topological polar surface area (TPSA) is 79.1 Å². The summed E-state index contributed by atoms with van der Waals surface area (Å²) in [5.74, 6) is 1.95. The fourth-order valence-electron chi connectivity index (χ4n) is 4.79. The quantitative estimate of drug-likeness (QED) is 0.518. The van der Waals surface area contributed by atoms with E-state index in [4.69, 9.17) is 10.7 Å². The van der Waals surface area contributed by atoms with Crippen molar-refractivity contribution in [2.75, 3.05) is 42.1 Å². The van der Waals surface area contributed by atoms with Gasteiger partial charge in [-0.25, -0.2) is 9.97 Å². The van der Waals surface area contributed by atoms with E-state index in [-0.39, 0.29) is 0 Å². The first-order valence-corrected chi connectivity index (χ1v) is 11.8. The molecule has 6 nitrogen and oxygen atoms in total. The molecule has 0 unspecified atom stereocenters. The van der Waals surface area contributed by atoms with Crippen LogP contribution in [0.25, 0.3) is 22.4 Å². The molecule has 0 atom stereocenters. The highest BCUT2D eigenvalue weighted by Gasteiger charge is 2.18. The van der Waals surface area contributed by atoms with Gasteiger partial charge >= 0.3 is 0 Å². The van der Waals surface area contributed by atoms with Gasteiger partial charge in [-0.2, -0.15) is 0 Å². The molecule has 5 rings (SSSR count). The van der Waals surface area contributed by atoms with Crippen LogP contribution in [0.3, 0.4) is 0 Å². The molecule has 3 aromatic rings. The molecule has 0 spiro atoms. The molecule has 0 bridgehead atoms. The van der Waals surface area contributed by atoms with Gasteiger partial charge in [0.2, 0.25) is 0 Å². The van der Waals surface area contributed by atoms with Crippen LogP contribution in [0.2, 0.25) is 0 Å². The van der Waals surface area contributed by atoms with Crippen molar-refractivity contribution in [2.24, 2.45) is 0 Å². The number of nitrogens with two attached hydrogens (primary N) is 1. The second-order valence-electron chi connectivity index (χ2n) is 8.84. The summed E-state index contributed by atoms with van der Waals surface area (Å²) in [5, 5.41) is 7.08. The molecule has 2 aromatic heterocycles. The Bertz CT molecular complexity index is 1050. The summed E-state index contributed by atoms with van der Waals surface area (Å²) in [7, 11) is 0. The van der Waals surface area contributed by atoms with Crippen molar-refractivity contribution in [1.29, 1.82) is 0 Å². The predicted molar refractivity (Wildman–Crippen MR) is 133 cm³/mol. The van der Waals surface area contributed by atoms with E-state index in [1.165, 1.54) is 32.1 Å². The van der Waals surface area contributed by atoms with Crippen molar-refractivity contribution in [1.82, 2.24) is 15.3 Å². The van der Waals surface area contributed by atoms with Crippen LogP contribution in [-0.4, -0.2) is 42.2 Å². The molecule has 1 saturated heterocycles. The van der Waals surface area contributed by atoms with Gasteiger partial charge in [-0.1, -0.05) is 31.4 Å². The van der Waals surface area contributed by atoms with Crippen LogP contribution in [0.1, 0.15) is 32.1 Å². The van der Waals surface area contributed by atoms with Gasteiger partial charge in [-0.15, -0.1) is 0 Å². The Morgan fingerprint density at radius 3 is 2.59 bits per heavy atom. The molecule has 6 heteroatoms. The van der Waals surface area contributed by atoms with E-state index < -0.39 is 0 Å². The summed E-state index contributed by atoms with van der Waals surface area (Å²) < 4.78 is 0. The minimum absolute atomic E-state index is 0.514. The highest BCUT2D eigenvalue weighted by Crippen LogP contribution is 2.34. The molecule has 32 heavy (non-hydrogen) atoms. The monoisotopic (exact) mass is 428 g/mol. The third-order valence-corrected chi connectivity index (χ3v) is 6.51. The largest absolute Gasteiger partial charge is 0.399 e. The van der Waals surface area contributed by atoms with Crippen LogP contribution >= 0.6 is 0 Å². The van der Waals surface area contributed by atoms with E-state index >= 15 is 0 Å². The molecule has 4 N–H and O–H groups in total. The number of pyridine rings is 2. The fourth-order valence-corrected chi connectivity index (χ4v) is 4.79. The Balaban J connectivity index is 1.53. The standard InChI is InChI=1S/C26H32N6/c27-21-6-4-5-19(17-21)23-9-10-25(32-15-13-28-14-16-32)31-26(23)20-11-12-29-24(18-20)30-22-7-2-1-3-8-22/h4-6,9-12,17-18,22,28H,1-3,7-8,13-16,27H2,(H,29,30). The first kappa shape index (κ1) is 20.8. The highest BCUT2D eigenvalue weighted by molar-refractivity contribution is 5.83. The second-order valence-corrected chi connectivity index (χ2v) is 8.84. The molecular weight excluding hydrogens is 396 g/mol. The maximum atomic E-state index is 6.10. The Morgan fingerprint density at radius 2 is 1.78 bits per heavy atom. The van der Waals surface area contributed by atoms with E-state index in [1.54, 1.807) is 0 Å². The number of nitrogens with zero attached hydrogens (tertiary/aromatic N) is 3. The minimum atomic E-state index is 0.514. The molecular formula is C26H32N6. The predicted octanol–water partition coefficient (Wildman–Crippen LogP) is 4.55. The van der Waals surface area contributed by atoms with E-state index in [1.807, 2.05) is 24.4 Å². The SMILES string of the molecule is Nc1cccc(-c2ccc(N3CCNCC3)nc2-c2ccnc(NC3CCCCC3)c2)c1. The number of hydrogen-bond donors (Lipinski definition) is 3. The molecule has 2 aliphatic rings. The van der Waals surface area contributed by atoms with Gasteiger partial charge in [0.1, 0.15) is 11.6 Å². The van der Waals surface area contributed by atoms with Gasteiger partial charge in [0.15, 0.2) is 0 Å². The molecule has 0 radical (unpaired) electrons. The zero-order valence-corrected chi connectivity index (χ0v) is 18.6. The maximum absolute atomic E-state index is 6.10. The Hall–Kier alpha value is -3.12. The van der Waals surface area contributed by atoms with Gasteiger partial charge < -0.3 is 21.3 Å². The molecule has 1 aliphatic carbocycles. The normalized spacial score (nSPS) is 17.3. The van der Waals surface area contributed by atoms with Crippen LogP contribution in [0.5, 0.6) is 0 Å². The van der Waals surface area contributed by atoms with Crippen LogP contribution < -0.4 is 21.3 Å². The molecule has 2 fully saturated rings. The van der Waals surface area contributed by atoms with Crippen LogP contribution in [0.15, 0.2) is 54.7 Å². The average Bonchev–Trinajstić information content (AvgIpc) is 2.85. The number of rotatable bonds is 5. The third kappa shape index (κ3) is 4.70. The van der Waals surface area contributed by atoms with Crippen molar-refractivity contribution >= 4 is 17.3 Å². The van der Waals surface area contributed by atoms with E-state index in [0.717, 1.165) is 65.9 Å². The maximum Gasteiger partial charge on any atom is 0.129 e. The summed E-state index contributed by atoms with van der Waals surface area (Å²) in [6.45, 7) is 3.90. The summed E-state index contributed by atoms with van der Waals surface area (Å²) in [4.78, 5) is 12.1. The van der Waals surface area contributed by atoms with Crippen molar-refractivity contribution in [3.8, 4) is 22.4 Å². The van der Waals surface area contributed by atoms with E-state index in [0.29, 0.717) is 6.04 Å². The summed E-state index contributed by atoms with van der Waals surface area (Å²) in [6.07, 6.45) is 8.27. The first-order valence-electron chi connectivity index (χ1n) is 11.8. The molecule has 3 heterocycles. The van der Waals surface area contributed by atoms with Crippen LogP contribution in [-0.2, 0) is 0 Å². The lowest BCUT2D eigenvalue weighted by molar-refractivity contribution is 0.462. The molecule has 1 aliphatic heterocycles. The average molecular weight is 429 g/mol. The number of piperazine rings is 1. The summed E-state index contributed by atoms with van der Waals surface area (Å²) in [6, 6.07) is 17.1. The Labute approximate surface area is 190 Å². The van der Waals surface area contributed by atoms with Gasteiger partial charge in [0, 0.05) is 55.2 Å². The lowest BCUT2D eigenvalue weighted by Crippen LogP contribution is -2.43. The first-order chi connectivity index (χ1) is 15.8. The molecule has 0 amide bonds. The minimum Gasteiger partial charge on any atom is -0.399 e. The molecule has 1 aromatic carbocycles.